The van der Waals surface area contributed by atoms with Crippen LogP contribution in [0.15, 0.2) is 24.3 Å². The summed E-state index contributed by atoms with van der Waals surface area (Å²) >= 11 is 5.87. The molecule has 0 unspecified atom stereocenters. The molecule has 2 saturated heterocycles. The molecule has 0 N–H and O–H groups in total. The normalized spacial score (nSPS) is 21.7. The van der Waals surface area contributed by atoms with Gasteiger partial charge in [-0.25, -0.2) is 12.7 Å². The Kier molecular flexibility index (Phi) is 7.19. The Morgan fingerprint density at radius 1 is 1.07 bits per heavy atom. The van der Waals surface area contributed by atoms with Gasteiger partial charge in [0.2, 0.25) is 15.9 Å². The predicted octanol–water partition coefficient (Wildman–Crippen LogP) is 2.29. The maximum atomic E-state index is 12.9. The highest BCUT2D eigenvalue weighted by Gasteiger charge is 2.36. The highest BCUT2D eigenvalue weighted by atomic mass is 35.5. The number of ether oxygens (including phenoxy) is 1. The number of hydrogen-bond acceptors (Lipinski definition) is 5. The number of benzene rings is 1. The maximum absolute atomic E-state index is 12.9. The molecule has 1 atom stereocenters. The van der Waals surface area contributed by atoms with Gasteiger partial charge in [-0.1, -0.05) is 23.7 Å². The van der Waals surface area contributed by atoms with Gasteiger partial charge in [-0.15, -0.1) is 0 Å². The van der Waals surface area contributed by atoms with Crippen LogP contribution >= 0.6 is 11.6 Å². The molecule has 2 aliphatic rings. The van der Waals surface area contributed by atoms with Crippen LogP contribution in [-0.2, 0) is 30.1 Å². The van der Waals surface area contributed by atoms with Crippen molar-refractivity contribution in [3.8, 4) is 0 Å². The molecule has 0 aromatic heterocycles. The van der Waals surface area contributed by atoms with E-state index in [2.05, 4.69) is 0 Å². The Morgan fingerprint density at radius 2 is 1.72 bits per heavy atom. The minimum Gasteiger partial charge on any atom is -0.469 e. The summed E-state index contributed by atoms with van der Waals surface area (Å²) in [6.45, 7) is 1.66. The molecule has 1 aromatic carbocycles. The average Bonchev–Trinajstić information content (AvgIpc) is 2.74. The molecule has 7 nitrogen and oxygen atoms in total. The molecule has 2 fully saturated rings. The number of amides is 1. The summed E-state index contributed by atoms with van der Waals surface area (Å²) in [7, 11) is -2.14. The van der Waals surface area contributed by atoms with Crippen LogP contribution in [0.2, 0.25) is 5.02 Å². The third kappa shape index (κ3) is 5.49. The largest absolute Gasteiger partial charge is 0.469 e. The van der Waals surface area contributed by atoms with E-state index in [4.69, 9.17) is 16.3 Å². The Hall–Kier alpha value is -1.64. The fourth-order valence-electron chi connectivity index (χ4n) is 4.04. The summed E-state index contributed by atoms with van der Waals surface area (Å²) in [5.74, 6) is -0.839. The van der Waals surface area contributed by atoms with Gasteiger partial charge in [0.05, 0.1) is 24.7 Å². The molecule has 1 aromatic rings. The smallest absolute Gasteiger partial charge is 0.308 e. The first-order chi connectivity index (χ1) is 13.8. The summed E-state index contributed by atoms with van der Waals surface area (Å²) in [6, 6.07) is 6.76. The van der Waals surface area contributed by atoms with Crippen molar-refractivity contribution in [3.05, 3.63) is 34.9 Å². The van der Waals surface area contributed by atoms with Crippen molar-refractivity contribution < 1.29 is 22.7 Å². The van der Waals surface area contributed by atoms with Crippen LogP contribution in [-0.4, -0.2) is 62.8 Å². The predicted molar refractivity (Wildman–Crippen MR) is 110 cm³/mol. The molecule has 0 aliphatic carbocycles. The first-order valence-electron chi connectivity index (χ1n) is 9.89. The first kappa shape index (κ1) is 22.1. The number of sulfonamides is 1. The molecule has 160 valence electrons. The van der Waals surface area contributed by atoms with Crippen LogP contribution in [0, 0.1) is 11.8 Å². The lowest BCUT2D eigenvalue weighted by Gasteiger charge is -2.37. The van der Waals surface area contributed by atoms with Crippen molar-refractivity contribution in [2.75, 3.05) is 33.3 Å². The first-order valence-corrected chi connectivity index (χ1v) is 11.9. The molecular weight excluding hydrogens is 416 g/mol. The monoisotopic (exact) mass is 442 g/mol. The SMILES string of the molecule is COC(=O)C1CCN(C(=O)[C@H]2CCCN(S(=O)(=O)Cc3ccc(Cl)cc3)C2)CC1. The van der Waals surface area contributed by atoms with Crippen LogP contribution in [0.5, 0.6) is 0 Å². The molecule has 2 heterocycles. The van der Waals surface area contributed by atoms with Crippen LogP contribution < -0.4 is 0 Å². The number of likely N-dealkylation sites (tertiary alicyclic amines) is 1. The van der Waals surface area contributed by atoms with Gasteiger partial charge >= 0.3 is 5.97 Å². The summed E-state index contributed by atoms with van der Waals surface area (Å²) in [6.07, 6.45) is 2.52. The molecular formula is C20H27ClN2O5S. The average molecular weight is 443 g/mol. The van der Waals surface area contributed by atoms with E-state index >= 15 is 0 Å². The van der Waals surface area contributed by atoms with E-state index in [0.29, 0.717) is 55.9 Å². The van der Waals surface area contributed by atoms with Crippen LogP contribution in [0.25, 0.3) is 0 Å². The van der Waals surface area contributed by atoms with Crippen LogP contribution in [0.4, 0.5) is 0 Å². The van der Waals surface area contributed by atoms with Crippen molar-refractivity contribution in [2.45, 2.75) is 31.4 Å². The van der Waals surface area contributed by atoms with Crippen molar-refractivity contribution in [2.24, 2.45) is 11.8 Å². The lowest BCUT2D eigenvalue weighted by molar-refractivity contribution is -0.149. The van der Waals surface area contributed by atoms with Gasteiger partial charge in [0.15, 0.2) is 0 Å². The number of hydrogen-bond donors (Lipinski definition) is 0. The van der Waals surface area contributed by atoms with Gasteiger partial charge < -0.3 is 9.64 Å². The topological polar surface area (TPSA) is 84.0 Å². The zero-order valence-electron chi connectivity index (χ0n) is 16.5. The zero-order valence-corrected chi connectivity index (χ0v) is 18.1. The lowest BCUT2D eigenvalue weighted by atomic mass is 9.93. The number of esters is 1. The second kappa shape index (κ2) is 9.45. The number of carbonyl (C=O) groups excluding carboxylic acids is 2. The number of piperidine rings is 2. The van der Waals surface area contributed by atoms with Crippen molar-refractivity contribution in [1.82, 2.24) is 9.21 Å². The summed E-state index contributed by atoms with van der Waals surface area (Å²) in [5.41, 5.74) is 0.674. The third-order valence-corrected chi connectivity index (χ3v) is 7.80. The number of rotatable bonds is 5. The minimum atomic E-state index is -3.51. The Bertz CT molecular complexity index is 835. The molecule has 0 spiro atoms. The molecule has 0 bridgehead atoms. The zero-order chi connectivity index (χ0) is 21.0. The van der Waals surface area contributed by atoms with Gasteiger partial charge in [0.1, 0.15) is 0 Å². The molecule has 3 rings (SSSR count). The van der Waals surface area contributed by atoms with Crippen molar-refractivity contribution in [3.63, 3.8) is 0 Å². The number of nitrogens with zero attached hydrogens (tertiary/aromatic N) is 2. The van der Waals surface area contributed by atoms with Gasteiger partial charge in [-0.05, 0) is 43.4 Å². The molecule has 0 saturated carbocycles. The summed E-state index contributed by atoms with van der Waals surface area (Å²) < 4.78 is 31.9. The highest BCUT2D eigenvalue weighted by Crippen LogP contribution is 2.26. The van der Waals surface area contributed by atoms with Gasteiger partial charge in [-0.2, -0.15) is 0 Å². The number of halogens is 1. The molecule has 29 heavy (non-hydrogen) atoms. The Balaban J connectivity index is 1.59. The van der Waals surface area contributed by atoms with Gasteiger partial charge in [0, 0.05) is 31.2 Å². The summed E-state index contributed by atoms with van der Waals surface area (Å²) in [4.78, 5) is 26.4. The standard InChI is InChI=1S/C20H27ClN2O5S/c1-28-20(25)16-8-11-22(12-9-16)19(24)17-3-2-10-23(13-17)29(26,27)14-15-4-6-18(21)7-5-15/h4-7,16-17H,2-3,8-14H2,1H3/t17-/m0/s1. The Morgan fingerprint density at radius 3 is 2.34 bits per heavy atom. The third-order valence-electron chi connectivity index (χ3n) is 5.73. The van der Waals surface area contributed by atoms with Crippen LogP contribution in [0.3, 0.4) is 0 Å². The van der Waals surface area contributed by atoms with E-state index in [1.54, 1.807) is 29.2 Å². The van der Waals surface area contributed by atoms with Crippen LogP contribution in [0.1, 0.15) is 31.2 Å². The van der Waals surface area contributed by atoms with E-state index in [0.717, 1.165) is 0 Å². The number of methoxy groups -OCH3 is 1. The number of carbonyl (C=O) groups is 2. The van der Waals surface area contributed by atoms with E-state index in [9.17, 15) is 18.0 Å². The fraction of sp³-hybridized carbons (Fsp3) is 0.600. The van der Waals surface area contributed by atoms with E-state index in [1.807, 2.05) is 0 Å². The van der Waals surface area contributed by atoms with E-state index in [1.165, 1.54) is 11.4 Å². The van der Waals surface area contributed by atoms with E-state index in [-0.39, 0.29) is 36.0 Å². The second-order valence-electron chi connectivity index (χ2n) is 7.70. The second-order valence-corrected chi connectivity index (χ2v) is 10.1. The van der Waals surface area contributed by atoms with Gasteiger partial charge in [0.25, 0.3) is 0 Å². The molecule has 1 amide bonds. The van der Waals surface area contributed by atoms with Crippen molar-refractivity contribution >= 4 is 33.5 Å². The molecule has 2 aliphatic heterocycles. The summed E-state index contributed by atoms with van der Waals surface area (Å²) in [5, 5.41) is 0.561. The minimum absolute atomic E-state index is 0.0142. The fourth-order valence-corrected chi connectivity index (χ4v) is 5.78. The lowest BCUT2D eigenvalue weighted by Crippen LogP contribution is -2.49. The van der Waals surface area contributed by atoms with Crippen molar-refractivity contribution in [1.29, 1.82) is 0 Å². The van der Waals surface area contributed by atoms with Gasteiger partial charge in [-0.3, -0.25) is 9.59 Å². The molecule has 9 heteroatoms. The molecule has 0 radical (unpaired) electrons. The quantitative estimate of drug-likeness (QED) is 0.653. The highest BCUT2D eigenvalue weighted by molar-refractivity contribution is 7.88. The maximum Gasteiger partial charge on any atom is 0.308 e. The van der Waals surface area contributed by atoms with E-state index < -0.39 is 10.0 Å². The Labute approximate surface area is 177 Å².